The van der Waals surface area contributed by atoms with Gasteiger partial charge in [-0.3, -0.25) is 9.69 Å². The van der Waals surface area contributed by atoms with Crippen molar-refractivity contribution in [1.29, 1.82) is 5.26 Å². The molecule has 0 atom stereocenters. The van der Waals surface area contributed by atoms with Crippen molar-refractivity contribution in [3.63, 3.8) is 0 Å². The Morgan fingerprint density at radius 2 is 2.00 bits per heavy atom. The molecule has 1 fully saturated rings. The van der Waals surface area contributed by atoms with E-state index in [4.69, 9.17) is 9.47 Å². The van der Waals surface area contributed by atoms with Gasteiger partial charge in [-0.1, -0.05) is 19.1 Å². The number of hydrogen-bond donors (Lipinski definition) is 1. The normalized spacial score (nSPS) is 14.1. The molecular weight excluding hydrogens is 390 g/mol. The van der Waals surface area contributed by atoms with E-state index in [0.29, 0.717) is 17.9 Å². The van der Waals surface area contributed by atoms with Crippen LogP contribution in [0.2, 0.25) is 0 Å². The predicted octanol–water partition coefficient (Wildman–Crippen LogP) is 3.66. The second-order valence-corrected chi connectivity index (χ2v) is 8.19. The lowest BCUT2D eigenvalue weighted by molar-refractivity contribution is -0.129. The minimum atomic E-state index is 0.0196. The molecule has 2 aromatic carbocycles. The van der Waals surface area contributed by atoms with E-state index in [1.165, 1.54) is 11.1 Å². The first-order chi connectivity index (χ1) is 14.9. The van der Waals surface area contributed by atoms with Gasteiger partial charge in [0.25, 0.3) is 0 Å². The molecule has 0 spiro atoms. The van der Waals surface area contributed by atoms with Crippen molar-refractivity contribution >= 4 is 5.91 Å². The van der Waals surface area contributed by atoms with Gasteiger partial charge >= 0.3 is 0 Å². The molecule has 31 heavy (non-hydrogen) atoms. The summed E-state index contributed by atoms with van der Waals surface area (Å²) in [6.07, 6.45) is 0.935. The summed E-state index contributed by atoms with van der Waals surface area (Å²) in [5, 5.41) is 12.1. The number of nitrogens with one attached hydrogen (secondary N) is 1. The number of carbonyl (C=O) groups excluding carboxylic acids is 1. The smallest absolute Gasteiger partial charge is 0.225 e. The summed E-state index contributed by atoms with van der Waals surface area (Å²) < 4.78 is 11.7. The van der Waals surface area contributed by atoms with Gasteiger partial charge in [0.15, 0.2) is 0 Å². The highest BCUT2D eigenvalue weighted by Gasteiger charge is 2.31. The molecule has 1 saturated heterocycles. The molecule has 2 aromatic rings. The van der Waals surface area contributed by atoms with E-state index in [9.17, 15) is 10.1 Å². The zero-order valence-corrected chi connectivity index (χ0v) is 18.8. The molecule has 3 rings (SSSR count). The van der Waals surface area contributed by atoms with E-state index < -0.39 is 0 Å². The van der Waals surface area contributed by atoms with Crippen LogP contribution in [0, 0.1) is 17.2 Å². The van der Waals surface area contributed by atoms with Crippen LogP contribution in [-0.2, 0) is 24.4 Å². The molecule has 0 radical (unpaired) electrons. The Balaban J connectivity index is 1.60. The maximum absolute atomic E-state index is 11.7. The van der Waals surface area contributed by atoms with E-state index in [1.54, 1.807) is 7.05 Å². The zero-order valence-electron chi connectivity index (χ0n) is 18.8. The summed E-state index contributed by atoms with van der Waals surface area (Å²) in [6.45, 7) is 8.86. The van der Waals surface area contributed by atoms with E-state index in [2.05, 4.69) is 35.3 Å². The standard InChI is InChI=1S/C25H31N3O3/c1-5-19-11-23(8-7-20(19)13-28-14-22(15-28)25(29)27-4)30-16-18-6-9-24(31-17(2)3)21(10-18)12-26/h6-11,17,22H,5,13-16H2,1-4H3,(H,27,29). The Kier molecular flexibility index (Phi) is 7.54. The molecule has 6 nitrogen and oxygen atoms in total. The number of nitrogens with zero attached hydrogens (tertiary/aromatic N) is 2. The lowest BCUT2D eigenvalue weighted by Gasteiger charge is -2.38. The first kappa shape index (κ1) is 22.6. The molecule has 1 aliphatic rings. The molecule has 1 aliphatic heterocycles. The molecule has 1 heterocycles. The molecule has 0 saturated carbocycles. The van der Waals surface area contributed by atoms with Crippen molar-refractivity contribution < 1.29 is 14.3 Å². The minimum Gasteiger partial charge on any atom is -0.490 e. The maximum Gasteiger partial charge on any atom is 0.225 e. The van der Waals surface area contributed by atoms with Crippen LogP contribution in [0.25, 0.3) is 0 Å². The van der Waals surface area contributed by atoms with Gasteiger partial charge in [0.2, 0.25) is 5.91 Å². The number of nitriles is 1. The van der Waals surface area contributed by atoms with Crippen molar-refractivity contribution in [3.05, 3.63) is 58.7 Å². The highest BCUT2D eigenvalue weighted by atomic mass is 16.5. The van der Waals surface area contributed by atoms with Crippen LogP contribution in [0.15, 0.2) is 36.4 Å². The van der Waals surface area contributed by atoms with Crippen LogP contribution in [0.3, 0.4) is 0 Å². The van der Waals surface area contributed by atoms with Gasteiger partial charge in [-0.2, -0.15) is 5.26 Å². The van der Waals surface area contributed by atoms with Crippen LogP contribution in [0.4, 0.5) is 0 Å². The van der Waals surface area contributed by atoms with Crippen molar-refractivity contribution in [2.45, 2.75) is 46.4 Å². The fourth-order valence-corrected chi connectivity index (χ4v) is 3.76. The molecule has 6 heteroatoms. The molecule has 164 valence electrons. The van der Waals surface area contributed by atoms with E-state index in [-0.39, 0.29) is 17.9 Å². The van der Waals surface area contributed by atoms with Gasteiger partial charge in [-0.15, -0.1) is 0 Å². The van der Waals surface area contributed by atoms with Crippen molar-refractivity contribution in [2.75, 3.05) is 20.1 Å². The summed E-state index contributed by atoms with van der Waals surface area (Å²) in [4.78, 5) is 14.0. The number of ether oxygens (including phenoxy) is 2. The SMILES string of the molecule is CCc1cc(OCc2ccc(OC(C)C)c(C#N)c2)ccc1CN1CC(C(=O)NC)C1. The van der Waals surface area contributed by atoms with E-state index >= 15 is 0 Å². The molecule has 1 amide bonds. The summed E-state index contributed by atoms with van der Waals surface area (Å²) in [5.41, 5.74) is 3.96. The van der Waals surface area contributed by atoms with Crippen LogP contribution < -0.4 is 14.8 Å². The Labute approximate surface area is 184 Å². The number of likely N-dealkylation sites (tertiary alicyclic amines) is 1. The van der Waals surface area contributed by atoms with Gasteiger partial charge in [0.05, 0.1) is 17.6 Å². The third-order valence-electron chi connectivity index (χ3n) is 5.46. The topological polar surface area (TPSA) is 74.6 Å². The highest BCUT2D eigenvalue weighted by molar-refractivity contribution is 5.79. The second-order valence-electron chi connectivity index (χ2n) is 8.19. The van der Waals surface area contributed by atoms with Gasteiger partial charge in [-0.05, 0) is 61.2 Å². The fourth-order valence-electron chi connectivity index (χ4n) is 3.76. The van der Waals surface area contributed by atoms with E-state index in [0.717, 1.165) is 37.4 Å². The Morgan fingerprint density at radius 3 is 2.65 bits per heavy atom. The highest BCUT2D eigenvalue weighted by Crippen LogP contribution is 2.25. The van der Waals surface area contributed by atoms with Gasteiger partial charge in [0, 0.05) is 26.7 Å². The predicted molar refractivity (Wildman–Crippen MR) is 120 cm³/mol. The molecule has 0 aromatic heterocycles. The molecule has 0 unspecified atom stereocenters. The lowest BCUT2D eigenvalue weighted by Crippen LogP contribution is -2.52. The van der Waals surface area contributed by atoms with Crippen molar-refractivity contribution in [1.82, 2.24) is 10.2 Å². The third-order valence-corrected chi connectivity index (χ3v) is 5.46. The summed E-state index contributed by atoms with van der Waals surface area (Å²) in [5.74, 6) is 1.64. The summed E-state index contributed by atoms with van der Waals surface area (Å²) in [7, 11) is 1.69. The molecular formula is C25H31N3O3. The largest absolute Gasteiger partial charge is 0.490 e. The van der Waals surface area contributed by atoms with Gasteiger partial charge in [0.1, 0.15) is 24.2 Å². The lowest BCUT2D eigenvalue weighted by atomic mass is 9.96. The fraction of sp³-hybridized carbons (Fsp3) is 0.440. The van der Waals surface area contributed by atoms with Crippen molar-refractivity contribution in [2.24, 2.45) is 5.92 Å². The average molecular weight is 422 g/mol. The summed E-state index contributed by atoms with van der Waals surface area (Å²) in [6, 6.07) is 14.0. The number of carbonyl (C=O) groups is 1. The quantitative estimate of drug-likeness (QED) is 0.669. The maximum atomic E-state index is 11.7. The second kappa shape index (κ2) is 10.3. The van der Waals surface area contributed by atoms with Gasteiger partial charge < -0.3 is 14.8 Å². The van der Waals surface area contributed by atoms with Crippen molar-refractivity contribution in [3.8, 4) is 17.6 Å². The first-order valence-corrected chi connectivity index (χ1v) is 10.8. The number of rotatable bonds is 9. The first-order valence-electron chi connectivity index (χ1n) is 10.8. The molecule has 0 bridgehead atoms. The van der Waals surface area contributed by atoms with E-state index in [1.807, 2.05) is 38.1 Å². The van der Waals surface area contributed by atoms with Crippen LogP contribution in [0.5, 0.6) is 11.5 Å². The average Bonchev–Trinajstić information content (AvgIpc) is 2.74. The Bertz CT molecular complexity index is 959. The van der Waals surface area contributed by atoms with Crippen LogP contribution >= 0.6 is 0 Å². The van der Waals surface area contributed by atoms with Crippen LogP contribution in [0.1, 0.15) is 43.0 Å². The Hall–Kier alpha value is -3.04. The van der Waals surface area contributed by atoms with Crippen LogP contribution in [-0.4, -0.2) is 37.0 Å². The number of aryl methyl sites for hydroxylation is 1. The third kappa shape index (κ3) is 5.77. The minimum absolute atomic E-state index is 0.0196. The van der Waals surface area contributed by atoms with Gasteiger partial charge in [-0.25, -0.2) is 0 Å². The number of hydrogen-bond acceptors (Lipinski definition) is 5. The monoisotopic (exact) mass is 421 g/mol. The Morgan fingerprint density at radius 1 is 1.23 bits per heavy atom. The number of amides is 1. The zero-order chi connectivity index (χ0) is 22.4. The molecule has 1 N–H and O–H groups in total. The number of benzene rings is 2. The molecule has 0 aliphatic carbocycles. The summed E-state index contributed by atoms with van der Waals surface area (Å²) >= 11 is 0.